The molecule has 5 nitrogen and oxygen atoms in total. The van der Waals surface area contributed by atoms with Gasteiger partial charge in [0, 0.05) is 29.5 Å². The summed E-state index contributed by atoms with van der Waals surface area (Å²) in [7, 11) is 7.63. The largest absolute Gasteiger partial charge is 1.00 e. The molecule has 2 aliphatic rings. The zero-order chi connectivity index (χ0) is 17.9. The molecule has 26 heavy (non-hydrogen) atoms. The van der Waals surface area contributed by atoms with Crippen molar-refractivity contribution < 1.29 is 48.1 Å². The summed E-state index contributed by atoms with van der Waals surface area (Å²) in [4.78, 5) is 0. The molecule has 0 unspecified atom stereocenters. The molecule has 0 amide bonds. The highest BCUT2D eigenvalue weighted by molar-refractivity contribution is 5.88. The van der Waals surface area contributed by atoms with Crippen molar-refractivity contribution in [1.29, 1.82) is 0 Å². The minimum absolute atomic E-state index is 0. The second kappa shape index (κ2) is 6.49. The average Bonchev–Trinajstić information content (AvgIpc) is 2.58. The fourth-order valence-electron chi connectivity index (χ4n) is 4.50. The van der Waals surface area contributed by atoms with Crippen molar-refractivity contribution in [2.24, 2.45) is 0 Å². The Morgan fingerprint density at radius 1 is 0.962 bits per heavy atom. The predicted octanol–water partition coefficient (Wildman–Crippen LogP) is 0.0157. The lowest BCUT2D eigenvalue weighted by Crippen LogP contribution is -3.00. The summed E-state index contributed by atoms with van der Waals surface area (Å²) in [5.74, 6) is 1.14. The molecule has 1 heterocycles. The van der Waals surface area contributed by atoms with Gasteiger partial charge in [-0.2, -0.15) is 0 Å². The number of quaternary nitrogens is 1. The van der Waals surface area contributed by atoms with Crippen molar-refractivity contribution >= 4 is 0 Å². The van der Waals surface area contributed by atoms with Gasteiger partial charge in [-0.05, 0) is 23.3 Å². The molecule has 1 atom stereocenters. The minimum atomic E-state index is 0. The van der Waals surface area contributed by atoms with E-state index in [9.17, 15) is 10.2 Å². The number of fused-ring (bicyclic) bond motifs is 2. The lowest BCUT2D eigenvalue weighted by atomic mass is 9.75. The SMILES string of the molecule is COc1c(O)ccc2c1-c1c(OC)c(O)cc3c1[C@H](C2)[N+](C)(C)CC3.[I-]. The first kappa shape index (κ1) is 19.1. The summed E-state index contributed by atoms with van der Waals surface area (Å²) in [6.07, 6.45) is 1.77. The van der Waals surface area contributed by atoms with Crippen LogP contribution in [0.4, 0.5) is 0 Å². The Balaban J connectivity index is 0.00000196. The highest BCUT2D eigenvalue weighted by Gasteiger charge is 2.44. The highest BCUT2D eigenvalue weighted by atomic mass is 127. The van der Waals surface area contributed by atoms with Crippen LogP contribution in [0.25, 0.3) is 11.1 Å². The van der Waals surface area contributed by atoms with Gasteiger partial charge < -0.3 is 48.1 Å². The van der Waals surface area contributed by atoms with Gasteiger partial charge >= 0.3 is 0 Å². The summed E-state index contributed by atoms with van der Waals surface area (Å²) < 4.78 is 12.0. The summed E-state index contributed by atoms with van der Waals surface area (Å²) in [6, 6.07) is 5.76. The number of benzene rings is 2. The number of rotatable bonds is 2. The molecule has 0 fully saturated rings. The lowest BCUT2D eigenvalue weighted by molar-refractivity contribution is -0.923. The number of phenolic OH excluding ortho intramolecular Hbond substituents is 2. The number of hydrogen-bond donors (Lipinski definition) is 2. The van der Waals surface area contributed by atoms with Gasteiger partial charge in [0.25, 0.3) is 0 Å². The second-order valence-electron chi connectivity index (χ2n) is 7.50. The van der Waals surface area contributed by atoms with Crippen LogP contribution >= 0.6 is 0 Å². The van der Waals surface area contributed by atoms with E-state index in [4.69, 9.17) is 9.47 Å². The molecular formula is C20H24INO4. The Morgan fingerprint density at radius 3 is 2.27 bits per heavy atom. The molecule has 0 aromatic heterocycles. The van der Waals surface area contributed by atoms with E-state index in [1.165, 1.54) is 5.56 Å². The fourth-order valence-corrected chi connectivity index (χ4v) is 4.50. The number of aromatic hydroxyl groups is 2. The lowest BCUT2D eigenvalue weighted by Gasteiger charge is -2.46. The Bertz CT molecular complexity index is 879. The molecule has 2 aromatic rings. The fraction of sp³-hybridized carbons (Fsp3) is 0.400. The van der Waals surface area contributed by atoms with Gasteiger partial charge in [0.2, 0.25) is 0 Å². The van der Waals surface area contributed by atoms with Crippen LogP contribution in [0.1, 0.15) is 22.7 Å². The number of nitrogens with zero attached hydrogens (tertiary/aromatic N) is 1. The van der Waals surface area contributed by atoms with E-state index in [2.05, 4.69) is 14.1 Å². The van der Waals surface area contributed by atoms with Crippen molar-refractivity contribution in [3.63, 3.8) is 0 Å². The van der Waals surface area contributed by atoms with E-state index in [1.54, 1.807) is 20.3 Å². The molecule has 6 heteroatoms. The Hall–Kier alpha value is -1.67. The first-order chi connectivity index (χ1) is 11.9. The van der Waals surface area contributed by atoms with Gasteiger partial charge in [0.1, 0.15) is 6.04 Å². The first-order valence-corrected chi connectivity index (χ1v) is 8.53. The maximum absolute atomic E-state index is 10.5. The number of methoxy groups -OCH3 is 2. The molecule has 0 bridgehead atoms. The summed E-state index contributed by atoms with van der Waals surface area (Å²) in [5.41, 5.74) is 5.18. The van der Waals surface area contributed by atoms with Gasteiger partial charge in [0.15, 0.2) is 23.0 Å². The van der Waals surface area contributed by atoms with Crippen LogP contribution in [0.15, 0.2) is 18.2 Å². The summed E-state index contributed by atoms with van der Waals surface area (Å²) in [6.45, 7) is 1.02. The molecule has 2 N–H and O–H groups in total. The van der Waals surface area contributed by atoms with E-state index in [-0.39, 0.29) is 41.5 Å². The quantitative estimate of drug-likeness (QED) is 0.481. The van der Waals surface area contributed by atoms with Crippen molar-refractivity contribution in [3.8, 4) is 34.1 Å². The maximum Gasteiger partial charge on any atom is 0.168 e. The molecule has 1 aliphatic heterocycles. The van der Waals surface area contributed by atoms with Crippen molar-refractivity contribution in [1.82, 2.24) is 0 Å². The summed E-state index contributed by atoms with van der Waals surface area (Å²) in [5, 5.41) is 20.8. The van der Waals surface area contributed by atoms with E-state index >= 15 is 0 Å². The molecule has 1 aliphatic carbocycles. The number of ether oxygens (including phenoxy) is 2. The third kappa shape index (κ3) is 2.53. The van der Waals surface area contributed by atoms with E-state index < -0.39 is 0 Å². The molecule has 4 rings (SSSR count). The zero-order valence-electron chi connectivity index (χ0n) is 15.5. The van der Waals surface area contributed by atoms with Crippen LogP contribution < -0.4 is 33.5 Å². The van der Waals surface area contributed by atoms with Crippen molar-refractivity contribution in [3.05, 3.63) is 34.9 Å². The number of likely N-dealkylation sites (N-methyl/N-ethyl adjacent to an activating group) is 1. The smallest absolute Gasteiger partial charge is 0.168 e. The number of hydrogen-bond acceptors (Lipinski definition) is 4. The molecule has 0 radical (unpaired) electrons. The second-order valence-corrected chi connectivity index (χ2v) is 7.50. The van der Waals surface area contributed by atoms with E-state index in [0.717, 1.165) is 46.1 Å². The summed E-state index contributed by atoms with van der Waals surface area (Å²) >= 11 is 0. The van der Waals surface area contributed by atoms with E-state index in [1.807, 2.05) is 12.1 Å². The van der Waals surface area contributed by atoms with Crippen molar-refractivity contribution in [2.45, 2.75) is 18.9 Å². The van der Waals surface area contributed by atoms with Gasteiger partial charge in [-0.1, -0.05) is 6.07 Å². The number of halogens is 1. The van der Waals surface area contributed by atoms with Crippen LogP contribution in [-0.2, 0) is 12.8 Å². The molecule has 0 spiro atoms. The van der Waals surface area contributed by atoms with Crippen LogP contribution in [0, 0.1) is 0 Å². The van der Waals surface area contributed by atoms with Gasteiger partial charge in [-0.15, -0.1) is 0 Å². The molecule has 0 saturated carbocycles. The average molecular weight is 469 g/mol. The van der Waals surface area contributed by atoms with Gasteiger partial charge in [-0.3, -0.25) is 0 Å². The van der Waals surface area contributed by atoms with Gasteiger partial charge in [-0.25, -0.2) is 0 Å². The van der Waals surface area contributed by atoms with Crippen LogP contribution in [0.3, 0.4) is 0 Å². The molecule has 140 valence electrons. The zero-order valence-corrected chi connectivity index (χ0v) is 17.6. The normalized spacial score (nSPS) is 19.0. The molecule has 2 aromatic carbocycles. The standard InChI is InChI=1S/C20H23NO4.HI/c1-21(2)8-7-12-10-15(23)20(25-4)18-16(12)13(21)9-11-5-6-14(22)19(24-3)17(11)18;/h5-6,10,13H,7-9H2,1-4H3,(H-,22,23);1H/t13-;/m0./s1. The third-order valence-corrected chi connectivity index (χ3v) is 5.82. The third-order valence-electron chi connectivity index (χ3n) is 5.82. The predicted molar refractivity (Wildman–Crippen MR) is 95.4 cm³/mol. The Kier molecular flexibility index (Phi) is 4.77. The highest BCUT2D eigenvalue weighted by Crippen LogP contribution is 2.56. The van der Waals surface area contributed by atoms with Crippen molar-refractivity contribution in [2.75, 3.05) is 34.9 Å². The maximum atomic E-state index is 10.5. The van der Waals surface area contributed by atoms with Crippen LogP contribution in [-0.4, -0.2) is 49.6 Å². The molecular weight excluding hydrogens is 445 g/mol. The first-order valence-electron chi connectivity index (χ1n) is 8.53. The topological polar surface area (TPSA) is 58.9 Å². The Morgan fingerprint density at radius 2 is 1.62 bits per heavy atom. The van der Waals surface area contributed by atoms with Crippen LogP contribution in [0.2, 0.25) is 0 Å². The minimum Gasteiger partial charge on any atom is -1.00 e. The number of phenols is 2. The molecule has 0 saturated heterocycles. The monoisotopic (exact) mass is 469 g/mol. The van der Waals surface area contributed by atoms with Gasteiger partial charge in [0.05, 0.1) is 34.9 Å². The Labute approximate surface area is 170 Å². The van der Waals surface area contributed by atoms with Crippen LogP contribution in [0.5, 0.6) is 23.0 Å². The van der Waals surface area contributed by atoms with E-state index in [0.29, 0.717) is 11.5 Å².